The number of aromatic nitrogens is 2. The van der Waals surface area contributed by atoms with Gasteiger partial charge in [-0.15, -0.1) is 10.2 Å². The third-order valence-corrected chi connectivity index (χ3v) is 5.15. The second-order valence-electron chi connectivity index (χ2n) is 5.22. The van der Waals surface area contributed by atoms with E-state index in [1.54, 1.807) is 11.3 Å². The number of aryl methyl sites for hydroxylation is 1. The Labute approximate surface area is 110 Å². The number of hydrogen-bond acceptors (Lipinski definition) is 6. The Morgan fingerprint density at radius 1 is 1.56 bits per heavy atom. The Kier molecular flexibility index (Phi) is 2.77. The number of carbonyl (C=O) groups excluding carboxylic acids is 1. The van der Waals surface area contributed by atoms with Gasteiger partial charge in [0.2, 0.25) is 5.13 Å². The average Bonchev–Trinajstić information content (AvgIpc) is 3.00. The van der Waals surface area contributed by atoms with E-state index in [1.165, 1.54) is 7.11 Å². The van der Waals surface area contributed by atoms with Gasteiger partial charge < -0.3 is 9.64 Å². The monoisotopic (exact) mass is 267 g/mol. The molecule has 1 saturated heterocycles. The molecule has 2 unspecified atom stereocenters. The third-order valence-electron chi connectivity index (χ3n) is 4.25. The molecule has 3 rings (SSSR count). The van der Waals surface area contributed by atoms with Gasteiger partial charge in [0, 0.05) is 13.1 Å². The maximum atomic E-state index is 12.1. The van der Waals surface area contributed by atoms with Gasteiger partial charge in [-0.1, -0.05) is 17.8 Å². The van der Waals surface area contributed by atoms with Crippen LogP contribution in [0.15, 0.2) is 0 Å². The molecule has 0 radical (unpaired) electrons. The predicted octanol–water partition coefficient (Wildman–Crippen LogP) is 1.63. The van der Waals surface area contributed by atoms with Crippen LogP contribution >= 0.6 is 11.3 Å². The van der Waals surface area contributed by atoms with E-state index < -0.39 is 0 Å². The summed E-state index contributed by atoms with van der Waals surface area (Å²) in [5, 5.41) is 10.1. The fraction of sp³-hybridized carbons (Fsp3) is 0.750. The third kappa shape index (κ3) is 1.62. The van der Waals surface area contributed by atoms with E-state index in [0.717, 1.165) is 42.5 Å². The molecule has 1 aliphatic heterocycles. The van der Waals surface area contributed by atoms with Gasteiger partial charge in [0.05, 0.1) is 12.5 Å². The number of anilines is 1. The van der Waals surface area contributed by atoms with Gasteiger partial charge >= 0.3 is 5.97 Å². The number of hydrogen-bond donors (Lipinski definition) is 0. The first-order valence-electron chi connectivity index (χ1n) is 6.29. The zero-order valence-corrected chi connectivity index (χ0v) is 11.5. The smallest absolute Gasteiger partial charge is 0.313 e. The van der Waals surface area contributed by atoms with E-state index >= 15 is 0 Å². The van der Waals surface area contributed by atoms with E-state index in [4.69, 9.17) is 4.74 Å². The van der Waals surface area contributed by atoms with Crippen LogP contribution in [-0.4, -0.2) is 36.4 Å². The van der Waals surface area contributed by atoms with Crippen molar-refractivity contribution in [3.8, 4) is 0 Å². The van der Waals surface area contributed by atoms with Crippen LogP contribution in [0.25, 0.3) is 0 Å². The molecule has 0 spiro atoms. The zero-order chi connectivity index (χ0) is 12.8. The molecule has 2 aliphatic rings. The molecule has 1 aromatic rings. The zero-order valence-electron chi connectivity index (χ0n) is 10.7. The van der Waals surface area contributed by atoms with Gasteiger partial charge in [-0.2, -0.15) is 0 Å². The minimum atomic E-state index is -0.297. The summed E-state index contributed by atoms with van der Waals surface area (Å²) >= 11 is 1.59. The highest BCUT2D eigenvalue weighted by atomic mass is 32.1. The highest BCUT2D eigenvalue weighted by Gasteiger charge is 2.55. The van der Waals surface area contributed by atoms with Crippen molar-refractivity contribution in [2.24, 2.45) is 11.3 Å². The first-order valence-corrected chi connectivity index (χ1v) is 7.11. The minimum Gasteiger partial charge on any atom is -0.469 e. The molecule has 1 aliphatic carbocycles. The van der Waals surface area contributed by atoms with Gasteiger partial charge in [-0.3, -0.25) is 4.79 Å². The largest absolute Gasteiger partial charge is 0.469 e. The average molecular weight is 267 g/mol. The Morgan fingerprint density at radius 2 is 2.39 bits per heavy atom. The van der Waals surface area contributed by atoms with Crippen LogP contribution in [0.4, 0.5) is 5.13 Å². The molecule has 1 saturated carbocycles. The summed E-state index contributed by atoms with van der Waals surface area (Å²) in [5.74, 6) is 0.364. The highest BCUT2D eigenvalue weighted by Crippen LogP contribution is 2.50. The van der Waals surface area contributed by atoms with Crippen LogP contribution in [0.3, 0.4) is 0 Å². The number of rotatable bonds is 2. The van der Waals surface area contributed by atoms with Crippen LogP contribution in [0.1, 0.15) is 24.3 Å². The SMILES string of the molecule is COC(=O)C12CCCC1CN(c1nnc(C)s1)C2. The number of ether oxygens (including phenoxy) is 1. The standard InChI is InChI=1S/C12H17N3O2S/c1-8-13-14-11(18-8)15-6-9-4-3-5-12(9,7-15)10(16)17-2/h9H,3-7H2,1-2H3. The second kappa shape index (κ2) is 4.19. The summed E-state index contributed by atoms with van der Waals surface area (Å²) in [6.45, 7) is 3.59. The maximum Gasteiger partial charge on any atom is 0.313 e. The van der Waals surface area contributed by atoms with E-state index in [-0.39, 0.29) is 11.4 Å². The number of fused-ring (bicyclic) bond motifs is 1. The normalized spacial score (nSPS) is 30.6. The maximum absolute atomic E-state index is 12.1. The fourth-order valence-electron chi connectivity index (χ4n) is 3.39. The lowest BCUT2D eigenvalue weighted by Crippen LogP contribution is -2.36. The minimum absolute atomic E-state index is 0.0475. The molecular weight excluding hydrogens is 250 g/mol. The van der Waals surface area contributed by atoms with E-state index in [0.29, 0.717) is 5.92 Å². The van der Waals surface area contributed by atoms with Crippen LogP contribution in [-0.2, 0) is 9.53 Å². The van der Waals surface area contributed by atoms with Gasteiger partial charge in [0.1, 0.15) is 5.01 Å². The fourth-order valence-corrected chi connectivity index (χ4v) is 4.08. The molecule has 18 heavy (non-hydrogen) atoms. The van der Waals surface area contributed by atoms with Crippen molar-refractivity contribution in [2.45, 2.75) is 26.2 Å². The number of nitrogens with zero attached hydrogens (tertiary/aromatic N) is 3. The molecule has 6 heteroatoms. The topological polar surface area (TPSA) is 55.3 Å². The lowest BCUT2D eigenvalue weighted by atomic mass is 9.81. The van der Waals surface area contributed by atoms with Crippen molar-refractivity contribution in [2.75, 3.05) is 25.1 Å². The molecule has 2 heterocycles. The quantitative estimate of drug-likeness (QED) is 0.762. The highest BCUT2D eigenvalue weighted by molar-refractivity contribution is 7.15. The van der Waals surface area contributed by atoms with E-state index in [2.05, 4.69) is 15.1 Å². The van der Waals surface area contributed by atoms with Crippen molar-refractivity contribution in [1.82, 2.24) is 10.2 Å². The van der Waals surface area contributed by atoms with Gasteiger partial charge in [0.15, 0.2) is 0 Å². The van der Waals surface area contributed by atoms with Crippen LogP contribution in [0.2, 0.25) is 0 Å². The number of esters is 1. The van der Waals surface area contributed by atoms with Crippen molar-refractivity contribution in [3.05, 3.63) is 5.01 Å². The Balaban J connectivity index is 1.86. The van der Waals surface area contributed by atoms with Gasteiger partial charge in [0.25, 0.3) is 0 Å². The van der Waals surface area contributed by atoms with E-state index in [9.17, 15) is 4.79 Å². The summed E-state index contributed by atoms with van der Waals surface area (Å²) < 4.78 is 5.03. The van der Waals surface area contributed by atoms with Crippen molar-refractivity contribution >= 4 is 22.4 Å². The molecule has 2 fully saturated rings. The lowest BCUT2D eigenvalue weighted by molar-refractivity contribution is -0.152. The summed E-state index contributed by atoms with van der Waals surface area (Å²) in [7, 11) is 1.49. The van der Waals surface area contributed by atoms with E-state index in [1.807, 2.05) is 6.92 Å². The molecule has 0 bridgehead atoms. The van der Waals surface area contributed by atoms with Gasteiger partial charge in [-0.05, 0) is 25.7 Å². The Bertz CT molecular complexity index is 476. The predicted molar refractivity (Wildman–Crippen MR) is 68.6 cm³/mol. The lowest BCUT2D eigenvalue weighted by Gasteiger charge is -2.25. The Hall–Kier alpha value is -1.17. The van der Waals surface area contributed by atoms with Crippen molar-refractivity contribution < 1.29 is 9.53 Å². The Morgan fingerprint density at radius 3 is 3.06 bits per heavy atom. The molecular formula is C12H17N3O2S. The summed E-state index contributed by atoms with van der Waals surface area (Å²) in [4.78, 5) is 14.3. The molecule has 0 aromatic carbocycles. The summed E-state index contributed by atoms with van der Waals surface area (Å²) in [6.07, 6.45) is 3.19. The molecule has 5 nitrogen and oxygen atoms in total. The van der Waals surface area contributed by atoms with Gasteiger partial charge in [-0.25, -0.2) is 0 Å². The molecule has 2 atom stereocenters. The van der Waals surface area contributed by atoms with Crippen LogP contribution < -0.4 is 4.90 Å². The molecule has 1 aromatic heterocycles. The first-order chi connectivity index (χ1) is 8.65. The first kappa shape index (κ1) is 11.9. The second-order valence-corrected chi connectivity index (χ2v) is 6.38. The summed E-state index contributed by atoms with van der Waals surface area (Å²) in [5.41, 5.74) is -0.297. The number of methoxy groups -OCH3 is 1. The van der Waals surface area contributed by atoms with Crippen LogP contribution in [0, 0.1) is 18.3 Å². The summed E-state index contributed by atoms with van der Waals surface area (Å²) in [6, 6.07) is 0. The van der Waals surface area contributed by atoms with Crippen molar-refractivity contribution in [1.29, 1.82) is 0 Å². The molecule has 98 valence electrons. The molecule has 0 amide bonds. The number of carbonyl (C=O) groups is 1. The van der Waals surface area contributed by atoms with Crippen molar-refractivity contribution in [3.63, 3.8) is 0 Å². The van der Waals surface area contributed by atoms with Crippen LogP contribution in [0.5, 0.6) is 0 Å². The molecule has 0 N–H and O–H groups in total.